The Labute approximate surface area is 222 Å². The summed E-state index contributed by atoms with van der Waals surface area (Å²) >= 11 is 6.34. The van der Waals surface area contributed by atoms with Crippen molar-refractivity contribution in [3.63, 3.8) is 0 Å². The first kappa shape index (κ1) is 28.7. The maximum atomic E-state index is 13.5. The summed E-state index contributed by atoms with van der Waals surface area (Å²) in [5.41, 5.74) is 0.733. The Hall–Kier alpha value is -2.89. The Morgan fingerprint density at radius 3 is 2.49 bits per heavy atom. The van der Waals surface area contributed by atoms with Crippen molar-refractivity contribution in [1.29, 1.82) is 0 Å². The molecule has 0 bridgehead atoms. The largest absolute Gasteiger partial charge is 0.475 e. The Balaban J connectivity index is 1.76. The minimum atomic E-state index is -1.72. The summed E-state index contributed by atoms with van der Waals surface area (Å²) in [5, 5.41) is 34.0. The number of nitrogens with one attached hydrogen (secondary N) is 2. The summed E-state index contributed by atoms with van der Waals surface area (Å²) in [6, 6.07) is 9.28. The molecule has 4 N–H and O–H groups in total. The number of hydrogen-bond acceptors (Lipinski definition) is 7. The fourth-order valence-electron chi connectivity index (χ4n) is 4.30. The molecule has 0 saturated carbocycles. The fourth-order valence-corrected chi connectivity index (χ4v) is 4.51. The van der Waals surface area contributed by atoms with Crippen LogP contribution in [0.3, 0.4) is 0 Å². The second kappa shape index (κ2) is 12.1. The predicted molar refractivity (Wildman–Crippen MR) is 142 cm³/mol. The Kier molecular flexibility index (Phi) is 9.38. The molecule has 2 heterocycles. The Bertz CT molecular complexity index is 1140. The van der Waals surface area contributed by atoms with Crippen LogP contribution in [-0.2, 0) is 16.1 Å². The van der Waals surface area contributed by atoms with Gasteiger partial charge in [-0.15, -0.1) is 0 Å². The topological polar surface area (TPSA) is 138 Å². The van der Waals surface area contributed by atoms with Gasteiger partial charge >= 0.3 is 7.12 Å². The Morgan fingerprint density at radius 2 is 1.89 bits per heavy atom. The van der Waals surface area contributed by atoms with Crippen molar-refractivity contribution in [1.82, 2.24) is 20.4 Å². The highest BCUT2D eigenvalue weighted by atomic mass is 35.5. The molecule has 10 nitrogen and oxygen atoms in total. The van der Waals surface area contributed by atoms with E-state index >= 15 is 0 Å². The third-order valence-corrected chi connectivity index (χ3v) is 6.61. The molecule has 1 aliphatic rings. The molecular formula is C25H35BClN5O5. The van der Waals surface area contributed by atoms with Crippen molar-refractivity contribution in [3.8, 4) is 0 Å². The molecule has 12 heteroatoms. The van der Waals surface area contributed by atoms with E-state index in [0.717, 1.165) is 5.56 Å². The number of carbonyl (C=O) groups is 2. The molecule has 1 unspecified atom stereocenters. The van der Waals surface area contributed by atoms with Crippen LogP contribution in [0.4, 0.5) is 0 Å². The molecule has 2 atom stereocenters. The molecule has 37 heavy (non-hydrogen) atoms. The van der Waals surface area contributed by atoms with Crippen LogP contribution in [0, 0.1) is 12.8 Å². The van der Waals surface area contributed by atoms with E-state index in [2.05, 4.69) is 20.9 Å². The number of aromatic nitrogens is 2. The van der Waals surface area contributed by atoms with Gasteiger partial charge in [0.15, 0.2) is 0 Å². The molecule has 0 fully saturated rings. The lowest BCUT2D eigenvalue weighted by molar-refractivity contribution is -0.144. The zero-order valence-electron chi connectivity index (χ0n) is 21.9. The summed E-state index contributed by atoms with van der Waals surface area (Å²) in [5.74, 6) is -1.66. The molecule has 0 radical (unpaired) electrons. The summed E-state index contributed by atoms with van der Waals surface area (Å²) < 4.78 is 1.57. The maximum Gasteiger partial charge on any atom is 0.475 e. The van der Waals surface area contributed by atoms with E-state index in [9.17, 15) is 19.6 Å². The van der Waals surface area contributed by atoms with E-state index in [1.54, 1.807) is 11.6 Å². The normalized spacial score (nSPS) is 17.9. The number of benzene rings is 1. The number of oxime groups is 1. The third-order valence-electron chi connectivity index (χ3n) is 6.16. The summed E-state index contributed by atoms with van der Waals surface area (Å²) in [7, 11) is -1.72. The second-order valence-corrected chi connectivity index (χ2v) is 10.6. The van der Waals surface area contributed by atoms with Crippen LogP contribution in [0.1, 0.15) is 68.3 Å². The number of amides is 2. The number of hydrogen-bond donors (Lipinski definition) is 4. The first-order chi connectivity index (χ1) is 17.4. The number of aryl methyl sites for hydroxylation is 1. The maximum absolute atomic E-state index is 13.5. The number of carbonyl (C=O) groups excluding carboxylic acids is 2. The smallest absolute Gasteiger partial charge is 0.426 e. The molecule has 0 aliphatic carbocycles. The second-order valence-electron chi connectivity index (χ2n) is 10.2. The Morgan fingerprint density at radius 1 is 1.22 bits per heavy atom. The lowest BCUT2D eigenvalue weighted by atomic mass is 9.74. The van der Waals surface area contributed by atoms with Crippen molar-refractivity contribution in [2.24, 2.45) is 11.1 Å². The summed E-state index contributed by atoms with van der Waals surface area (Å²) in [6.07, 6.45) is 0.695. The monoisotopic (exact) mass is 531 g/mol. The van der Waals surface area contributed by atoms with E-state index < -0.39 is 30.5 Å². The molecule has 2 aromatic rings. The average molecular weight is 532 g/mol. The van der Waals surface area contributed by atoms with Crippen molar-refractivity contribution >= 4 is 36.2 Å². The lowest BCUT2D eigenvalue weighted by Gasteiger charge is -2.29. The molecule has 0 saturated heterocycles. The zero-order valence-corrected chi connectivity index (χ0v) is 22.6. The molecule has 1 aliphatic heterocycles. The minimum Gasteiger partial charge on any atom is -0.426 e. The van der Waals surface area contributed by atoms with Crippen LogP contribution < -0.4 is 10.6 Å². The van der Waals surface area contributed by atoms with Gasteiger partial charge in [-0.05, 0) is 38.7 Å². The number of halogens is 1. The van der Waals surface area contributed by atoms with Crippen LogP contribution in [0.5, 0.6) is 0 Å². The number of rotatable bonds is 11. The van der Waals surface area contributed by atoms with E-state index in [-0.39, 0.29) is 42.1 Å². The van der Waals surface area contributed by atoms with Crippen molar-refractivity contribution < 1.29 is 24.5 Å². The van der Waals surface area contributed by atoms with Crippen LogP contribution in [0.25, 0.3) is 0 Å². The van der Waals surface area contributed by atoms with Gasteiger partial charge in [-0.1, -0.05) is 60.9 Å². The van der Waals surface area contributed by atoms with E-state index in [0.29, 0.717) is 17.8 Å². The molecular weight excluding hydrogens is 497 g/mol. The van der Waals surface area contributed by atoms with Gasteiger partial charge in [0.25, 0.3) is 11.8 Å². The minimum absolute atomic E-state index is 0.0410. The van der Waals surface area contributed by atoms with E-state index in [1.807, 2.05) is 58.0 Å². The van der Waals surface area contributed by atoms with Gasteiger partial charge < -0.3 is 25.5 Å². The highest BCUT2D eigenvalue weighted by Gasteiger charge is 2.48. The highest BCUT2D eigenvalue weighted by molar-refractivity contribution is 6.43. The highest BCUT2D eigenvalue weighted by Crippen LogP contribution is 2.30. The predicted octanol–water partition coefficient (Wildman–Crippen LogP) is 2.46. The van der Waals surface area contributed by atoms with E-state index in [4.69, 9.17) is 16.4 Å². The molecule has 200 valence electrons. The van der Waals surface area contributed by atoms with Gasteiger partial charge in [0, 0.05) is 18.9 Å². The van der Waals surface area contributed by atoms with Crippen LogP contribution in [-0.4, -0.2) is 62.6 Å². The quantitative estimate of drug-likeness (QED) is 0.329. The zero-order chi connectivity index (χ0) is 27.3. The fraction of sp³-hybridized carbons (Fsp3) is 0.520. The van der Waals surface area contributed by atoms with Crippen molar-refractivity contribution in [2.45, 2.75) is 71.5 Å². The molecule has 3 rings (SSSR count). The van der Waals surface area contributed by atoms with Gasteiger partial charge in [0.2, 0.25) is 5.60 Å². The van der Waals surface area contributed by atoms with Crippen molar-refractivity contribution in [3.05, 3.63) is 52.3 Å². The van der Waals surface area contributed by atoms with Gasteiger partial charge in [0.05, 0.1) is 28.9 Å². The molecule has 2 amide bonds. The first-order valence-corrected chi connectivity index (χ1v) is 12.8. The van der Waals surface area contributed by atoms with Crippen LogP contribution in [0.15, 0.2) is 35.5 Å². The SMILES string of the molecule is Cc1nn(C(C)C)c(C(=O)NCC2=NOC(Cc3ccccc3)(C(=O)N[C@@H](CC(C)C)B(O)O)C2)c1Cl. The van der Waals surface area contributed by atoms with Crippen LogP contribution in [0.2, 0.25) is 5.02 Å². The third kappa shape index (κ3) is 6.91. The summed E-state index contributed by atoms with van der Waals surface area (Å²) in [4.78, 5) is 32.2. The average Bonchev–Trinajstić information content (AvgIpc) is 3.39. The van der Waals surface area contributed by atoms with Gasteiger partial charge in [-0.3, -0.25) is 14.3 Å². The molecule has 1 aromatic carbocycles. The van der Waals surface area contributed by atoms with Crippen molar-refractivity contribution in [2.75, 3.05) is 6.54 Å². The lowest BCUT2D eigenvalue weighted by Crippen LogP contribution is -2.56. The van der Waals surface area contributed by atoms with E-state index in [1.165, 1.54) is 0 Å². The first-order valence-electron chi connectivity index (χ1n) is 12.4. The van der Waals surface area contributed by atoms with Crippen LogP contribution >= 0.6 is 11.6 Å². The summed E-state index contributed by atoms with van der Waals surface area (Å²) in [6.45, 7) is 9.44. The standard InChI is InChI=1S/C25H35BClN5O5/c1-15(2)11-20(26(35)36)29-24(34)25(12-18-9-7-6-8-10-18)13-19(31-37-25)14-28-23(33)22-21(27)17(5)30-32(22)16(3)4/h6-10,15-16,20,35-36H,11-14H2,1-5H3,(H,28,33)(H,29,34)/t20-,25?/m0/s1. The molecule has 0 spiro atoms. The van der Waals surface area contributed by atoms with Gasteiger partial charge in [-0.25, -0.2) is 0 Å². The number of nitrogens with zero attached hydrogens (tertiary/aromatic N) is 3. The van der Waals surface area contributed by atoms with Gasteiger partial charge in [-0.2, -0.15) is 5.10 Å². The van der Waals surface area contributed by atoms with Gasteiger partial charge in [0.1, 0.15) is 5.69 Å². The molecule has 1 aromatic heterocycles.